The van der Waals surface area contributed by atoms with E-state index in [0.717, 1.165) is 6.92 Å². The molecule has 0 fully saturated rings. The van der Waals surface area contributed by atoms with Crippen LogP contribution in [0, 0.1) is 18.8 Å². The van der Waals surface area contributed by atoms with Crippen LogP contribution in [0.2, 0.25) is 10.0 Å². The molecule has 2 aromatic carbocycles. The second kappa shape index (κ2) is 10.8. The topological polar surface area (TPSA) is 60.4 Å². The summed E-state index contributed by atoms with van der Waals surface area (Å²) in [7, 11) is 0. The van der Waals surface area contributed by atoms with Crippen LogP contribution < -0.4 is 10.0 Å². The van der Waals surface area contributed by atoms with E-state index in [2.05, 4.69) is 0 Å². The van der Waals surface area contributed by atoms with Gasteiger partial charge < -0.3 is 14.8 Å². The van der Waals surface area contributed by atoms with Gasteiger partial charge in [-0.3, -0.25) is 4.79 Å². The average Bonchev–Trinajstić information content (AvgIpc) is 2.72. The Bertz CT molecular complexity index is 1080. The third-order valence-electron chi connectivity index (χ3n) is 6.05. The van der Waals surface area contributed by atoms with Crippen molar-refractivity contribution in [1.29, 1.82) is 0 Å². The van der Waals surface area contributed by atoms with E-state index in [1.165, 1.54) is 42.2 Å². The lowest BCUT2D eigenvalue weighted by atomic mass is 9.83. The lowest BCUT2D eigenvalue weighted by Crippen LogP contribution is -2.50. The van der Waals surface area contributed by atoms with Crippen LogP contribution in [0.25, 0.3) is 0 Å². The summed E-state index contributed by atoms with van der Waals surface area (Å²) in [4.78, 5) is 26.6. The Balaban J connectivity index is 2.74. The Kier molecular flexibility index (Phi) is 8.93. The number of rotatable bonds is 7. The number of benzene rings is 2. The molecule has 0 bridgehead atoms. The number of hydrogen-bond acceptors (Lipinski definition) is 3. The predicted molar refractivity (Wildman–Crippen MR) is 131 cm³/mol. The van der Waals surface area contributed by atoms with E-state index in [4.69, 9.17) is 23.2 Å². The van der Waals surface area contributed by atoms with Gasteiger partial charge in [-0.25, -0.2) is 0 Å². The van der Waals surface area contributed by atoms with Crippen molar-refractivity contribution < 1.29 is 27.9 Å². The average molecular weight is 531 g/mol. The first kappa shape index (κ1) is 29.0. The summed E-state index contributed by atoms with van der Waals surface area (Å²) < 4.78 is 41.8. The standard InChI is InChI=1S/C26H30Cl2F3NO3/c1-14(24(34)35)13-18-9-12-20(28)22(15(18)2)32(25(4,5)6)23(33)21(16(3)26(29,30)31)17-7-10-19(27)11-8-17/h7-12,14,16,21H,13H2,1-6H3,(H,34,35)/p-1/t14-,16-,21+/m1/s1. The molecule has 3 atom stereocenters. The number of carbonyl (C=O) groups is 2. The molecular weight excluding hydrogens is 502 g/mol. The molecule has 0 aliphatic carbocycles. The summed E-state index contributed by atoms with van der Waals surface area (Å²) >= 11 is 12.5. The number of anilines is 1. The molecule has 0 saturated carbocycles. The van der Waals surface area contributed by atoms with Crippen LogP contribution >= 0.6 is 23.2 Å². The van der Waals surface area contributed by atoms with Crippen LogP contribution in [0.1, 0.15) is 57.2 Å². The summed E-state index contributed by atoms with van der Waals surface area (Å²) in [5, 5.41) is 11.8. The van der Waals surface area contributed by atoms with Crippen molar-refractivity contribution >= 4 is 40.8 Å². The minimum absolute atomic E-state index is 0.115. The monoisotopic (exact) mass is 530 g/mol. The Hall–Kier alpha value is -2.25. The van der Waals surface area contributed by atoms with E-state index < -0.39 is 41.3 Å². The molecule has 192 valence electrons. The molecule has 0 radical (unpaired) electrons. The normalized spacial score (nSPS) is 14.8. The minimum Gasteiger partial charge on any atom is -0.550 e. The first-order valence-electron chi connectivity index (χ1n) is 11.1. The van der Waals surface area contributed by atoms with Gasteiger partial charge in [-0.1, -0.05) is 55.2 Å². The molecule has 0 spiro atoms. The van der Waals surface area contributed by atoms with E-state index in [9.17, 15) is 27.9 Å². The highest BCUT2D eigenvalue weighted by atomic mass is 35.5. The summed E-state index contributed by atoms with van der Waals surface area (Å²) in [6, 6.07) is 8.91. The largest absolute Gasteiger partial charge is 0.550 e. The van der Waals surface area contributed by atoms with Gasteiger partial charge in [0.15, 0.2) is 0 Å². The van der Waals surface area contributed by atoms with Crippen molar-refractivity contribution in [2.75, 3.05) is 4.90 Å². The van der Waals surface area contributed by atoms with E-state index >= 15 is 0 Å². The Morgan fingerprint density at radius 2 is 1.54 bits per heavy atom. The first-order chi connectivity index (χ1) is 16.0. The molecule has 0 unspecified atom stereocenters. The van der Waals surface area contributed by atoms with Gasteiger partial charge in [0.2, 0.25) is 5.91 Å². The van der Waals surface area contributed by atoms with Crippen LogP contribution in [0.4, 0.5) is 18.9 Å². The van der Waals surface area contributed by atoms with Gasteiger partial charge in [0.05, 0.1) is 22.5 Å². The molecule has 35 heavy (non-hydrogen) atoms. The van der Waals surface area contributed by atoms with Gasteiger partial charge in [-0.2, -0.15) is 13.2 Å². The zero-order valence-electron chi connectivity index (χ0n) is 20.5. The molecular formula is C26H29Cl2F3NO3-. The summed E-state index contributed by atoms with van der Waals surface area (Å²) in [5.41, 5.74) is 0.591. The lowest BCUT2D eigenvalue weighted by molar-refractivity contribution is -0.310. The quantitative estimate of drug-likeness (QED) is 0.419. The Labute approximate surface area is 214 Å². The number of aliphatic carboxylic acids is 1. The van der Waals surface area contributed by atoms with Gasteiger partial charge >= 0.3 is 6.18 Å². The number of alkyl halides is 3. The maximum Gasteiger partial charge on any atom is 0.392 e. The van der Waals surface area contributed by atoms with Crippen molar-refractivity contribution in [3.8, 4) is 0 Å². The second-order valence-electron chi connectivity index (χ2n) is 9.81. The third-order valence-corrected chi connectivity index (χ3v) is 6.61. The van der Waals surface area contributed by atoms with Crippen molar-refractivity contribution in [2.45, 2.75) is 65.6 Å². The molecule has 2 rings (SSSR count). The maximum atomic E-state index is 14.0. The second-order valence-corrected chi connectivity index (χ2v) is 10.7. The van der Waals surface area contributed by atoms with E-state index in [-0.39, 0.29) is 22.7 Å². The van der Waals surface area contributed by atoms with Crippen molar-refractivity contribution in [3.05, 3.63) is 63.1 Å². The molecule has 0 aliphatic heterocycles. The number of carboxylic acids is 1. The number of halogens is 5. The minimum atomic E-state index is -4.64. The predicted octanol–water partition coefficient (Wildman–Crippen LogP) is 6.34. The van der Waals surface area contributed by atoms with Crippen molar-refractivity contribution in [1.82, 2.24) is 0 Å². The van der Waals surface area contributed by atoms with E-state index in [1.807, 2.05) is 0 Å². The highest BCUT2D eigenvalue weighted by Crippen LogP contribution is 2.43. The number of hydrogen-bond donors (Lipinski definition) is 0. The summed E-state index contributed by atoms with van der Waals surface area (Å²) in [6.45, 7) is 9.26. The summed E-state index contributed by atoms with van der Waals surface area (Å²) in [6.07, 6.45) is -4.53. The molecule has 0 heterocycles. The number of nitrogens with zero attached hydrogens (tertiary/aromatic N) is 1. The molecule has 0 N–H and O–H groups in total. The molecule has 0 aliphatic rings. The molecule has 0 saturated heterocycles. The Morgan fingerprint density at radius 1 is 1.00 bits per heavy atom. The van der Waals surface area contributed by atoms with Gasteiger partial charge in [0.25, 0.3) is 0 Å². The van der Waals surface area contributed by atoms with Crippen LogP contribution in [0.3, 0.4) is 0 Å². The van der Waals surface area contributed by atoms with Crippen molar-refractivity contribution in [2.24, 2.45) is 11.8 Å². The van der Waals surface area contributed by atoms with Gasteiger partial charge in [0.1, 0.15) is 0 Å². The fourth-order valence-electron chi connectivity index (χ4n) is 4.04. The van der Waals surface area contributed by atoms with Crippen molar-refractivity contribution in [3.63, 3.8) is 0 Å². The van der Waals surface area contributed by atoms with Crippen LogP contribution in [-0.4, -0.2) is 23.6 Å². The smallest absolute Gasteiger partial charge is 0.392 e. The maximum absolute atomic E-state index is 14.0. The van der Waals surface area contributed by atoms with Gasteiger partial charge in [-0.15, -0.1) is 0 Å². The number of carbonyl (C=O) groups excluding carboxylic acids is 2. The molecule has 2 aromatic rings. The fourth-order valence-corrected chi connectivity index (χ4v) is 4.45. The van der Waals surface area contributed by atoms with Crippen LogP contribution in [0.15, 0.2) is 36.4 Å². The zero-order valence-corrected chi connectivity index (χ0v) is 22.0. The fraction of sp³-hybridized carbons (Fsp3) is 0.462. The van der Waals surface area contributed by atoms with Crippen LogP contribution in [0.5, 0.6) is 0 Å². The number of carboxylic acid groups (broad SMARTS) is 1. The van der Waals surface area contributed by atoms with E-state index in [1.54, 1.807) is 33.8 Å². The SMILES string of the molecule is Cc1c(C[C@@H](C)C(=O)[O-])ccc(Cl)c1N(C(=O)[C@H](c1ccc(Cl)cc1)[C@@H](C)C(F)(F)F)C(C)(C)C. The number of amides is 1. The first-order valence-corrected chi connectivity index (χ1v) is 11.9. The third kappa shape index (κ3) is 6.70. The highest BCUT2D eigenvalue weighted by Gasteiger charge is 2.48. The molecule has 4 nitrogen and oxygen atoms in total. The van der Waals surface area contributed by atoms with E-state index in [0.29, 0.717) is 16.1 Å². The molecule has 0 aromatic heterocycles. The van der Waals surface area contributed by atoms with Gasteiger partial charge in [-0.05, 0) is 74.9 Å². The summed E-state index contributed by atoms with van der Waals surface area (Å²) in [5.74, 6) is -6.38. The zero-order chi connectivity index (χ0) is 26.9. The molecule has 1 amide bonds. The Morgan fingerprint density at radius 3 is 2.00 bits per heavy atom. The lowest BCUT2D eigenvalue weighted by Gasteiger charge is -2.41. The van der Waals surface area contributed by atoms with Gasteiger partial charge in [0, 0.05) is 16.5 Å². The van der Waals surface area contributed by atoms with Crippen LogP contribution in [-0.2, 0) is 16.0 Å². The molecule has 9 heteroatoms. The highest BCUT2D eigenvalue weighted by molar-refractivity contribution is 6.34.